The first-order valence-corrected chi connectivity index (χ1v) is 14.4. The topological polar surface area (TPSA) is 90.4 Å². The Morgan fingerprint density at radius 3 is 2.31 bits per heavy atom. The minimum atomic E-state index is -4.14. The maximum absolute atomic E-state index is 14.2. The molecular formula is C24H32ClF2N3O5S. The van der Waals surface area contributed by atoms with E-state index in [1.54, 1.807) is 4.90 Å². The monoisotopic (exact) mass is 547 g/mol. The highest BCUT2D eigenvalue weighted by atomic mass is 35.5. The van der Waals surface area contributed by atoms with Crippen LogP contribution in [0.25, 0.3) is 0 Å². The smallest absolute Gasteiger partial charge is 0.410 e. The number of carbonyl (C=O) groups is 1. The van der Waals surface area contributed by atoms with Crippen LogP contribution in [0.15, 0.2) is 29.2 Å². The number of rotatable bonds is 7. The molecule has 1 aromatic rings. The Bertz CT molecular complexity index is 1080. The number of nitrogens with zero attached hydrogens (tertiary/aromatic N) is 3. The molecule has 12 heteroatoms. The maximum atomic E-state index is 14.2. The quantitative estimate of drug-likeness (QED) is 0.564. The fourth-order valence-electron chi connectivity index (χ4n) is 5.77. The molecule has 4 fully saturated rings. The van der Waals surface area contributed by atoms with E-state index in [0.29, 0.717) is 69.9 Å². The molecule has 4 aliphatic rings. The summed E-state index contributed by atoms with van der Waals surface area (Å²) in [7, 11) is -4.14. The molecule has 1 aromatic carbocycles. The van der Waals surface area contributed by atoms with E-state index in [1.807, 2.05) is 0 Å². The molecule has 36 heavy (non-hydrogen) atoms. The minimum absolute atomic E-state index is 0.00472. The molecule has 1 amide bonds. The minimum Gasteiger partial charge on any atom is -0.441 e. The average molecular weight is 548 g/mol. The number of ether oxygens (including phenoxy) is 1. The summed E-state index contributed by atoms with van der Waals surface area (Å²) < 4.78 is 63.5. The summed E-state index contributed by atoms with van der Waals surface area (Å²) in [4.78, 5) is 16.7. The van der Waals surface area contributed by atoms with Gasteiger partial charge in [-0.2, -0.15) is 4.31 Å². The molecule has 2 aliphatic carbocycles. The fraction of sp³-hybridized carbons (Fsp3) is 0.708. The average Bonchev–Trinajstić information content (AvgIpc) is 3.76. The second kappa shape index (κ2) is 9.65. The van der Waals surface area contributed by atoms with Crippen LogP contribution in [0, 0.1) is 5.92 Å². The molecule has 0 radical (unpaired) electrons. The van der Waals surface area contributed by atoms with E-state index in [2.05, 4.69) is 4.90 Å². The van der Waals surface area contributed by atoms with E-state index in [0.717, 1.165) is 0 Å². The SMILES string of the molecule is O=C(OC1([C@@H]2CCC[C@H](C3CC3(F)F)N2S(=O)(=O)c2ccc(Cl)cc2)CC1)N1CCN(CCO)CC1. The lowest BCUT2D eigenvalue weighted by atomic mass is 9.91. The summed E-state index contributed by atoms with van der Waals surface area (Å²) in [6, 6.07) is 4.17. The van der Waals surface area contributed by atoms with Crippen LogP contribution in [-0.2, 0) is 14.8 Å². The number of β-amino-alcohol motifs (C(OH)–C–C–N with tert-alkyl or cyclic N) is 1. The van der Waals surface area contributed by atoms with Gasteiger partial charge in [0, 0.05) is 56.1 Å². The van der Waals surface area contributed by atoms with Gasteiger partial charge in [0.15, 0.2) is 0 Å². The third-order valence-electron chi connectivity index (χ3n) is 8.03. The van der Waals surface area contributed by atoms with Crippen LogP contribution in [0.4, 0.5) is 13.6 Å². The number of amides is 1. The van der Waals surface area contributed by atoms with Crippen LogP contribution < -0.4 is 0 Å². The molecule has 0 spiro atoms. The van der Waals surface area contributed by atoms with Gasteiger partial charge in [-0.25, -0.2) is 22.0 Å². The Hall–Kier alpha value is -1.53. The van der Waals surface area contributed by atoms with Crippen LogP contribution in [0.5, 0.6) is 0 Å². The highest BCUT2D eigenvalue weighted by Gasteiger charge is 2.67. The van der Waals surface area contributed by atoms with E-state index >= 15 is 0 Å². The highest BCUT2D eigenvalue weighted by Crippen LogP contribution is 2.57. The lowest BCUT2D eigenvalue weighted by molar-refractivity contribution is -0.0231. The van der Waals surface area contributed by atoms with Crippen molar-refractivity contribution in [3.8, 4) is 0 Å². The number of hydrogen-bond donors (Lipinski definition) is 1. The molecular weight excluding hydrogens is 516 g/mol. The summed E-state index contributed by atoms with van der Waals surface area (Å²) in [6.07, 6.45) is 1.54. The van der Waals surface area contributed by atoms with E-state index in [-0.39, 0.29) is 17.9 Å². The predicted octanol–water partition coefficient (Wildman–Crippen LogP) is 3.19. The van der Waals surface area contributed by atoms with Crippen molar-refractivity contribution in [1.29, 1.82) is 0 Å². The Balaban J connectivity index is 1.39. The van der Waals surface area contributed by atoms with Gasteiger partial charge in [-0.1, -0.05) is 18.0 Å². The van der Waals surface area contributed by atoms with E-state index in [9.17, 15) is 22.0 Å². The van der Waals surface area contributed by atoms with E-state index in [1.165, 1.54) is 28.6 Å². The maximum Gasteiger partial charge on any atom is 0.410 e. The number of carbonyl (C=O) groups excluding carboxylic acids is 1. The predicted molar refractivity (Wildman–Crippen MR) is 129 cm³/mol. The van der Waals surface area contributed by atoms with Crippen LogP contribution >= 0.6 is 11.6 Å². The molecule has 1 N–H and O–H groups in total. The molecule has 1 unspecified atom stereocenters. The zero-order valence-corrected chi connectivity index (χ0v) is 21.6. The second-order valence-electron chi connectivity index (χ2n) is 10.4. The number of alkyl halides is 2. The Morgan fingerprint density at radius 2 is 1.75 bits per heavy atom. The van der Waals surface area contributed by atoms with E-state index < -0.39 is 45.6 Å². The number of aliphatic hydroxyl groups is 1. The Kier molecular flexibility index (Phi) is 6.99. The van der Waals surface area contributed by atoms with Crippen molar-refractivity contribution in [3.63, 3.8) is 0 Å². The number of piperidine rings is 1. The van der Waals surface area contributed by atoms with Crippen molar-refractivity contribution >= 4 is 27.7 Å². The van der Waals surface area contributed by atoms with Gasteiger partial charge in [0.05, 0.1) is 17.5 Å². The van der Waals surface area contributed by atoms with Crippen molar-refractivity contribution in [2.24, 2.45) is 5.92 Å². The van der Waals surface area contributed by atoms with Crippen molar-refractivity contribution in [1.82, 2.24) is 14.1 Å². The lowest BCUT2D eigenvalue weighted by Crippen LogP contribution is -2.58. The third kappa shape index (κ3) is 4.97. The van der Waals surface area contributed by atoms with Crippen LogP contribution in [0.1, 0.15) is 38.5 Å². The van der Waals surface area contributed by atoms with Crippen LogP contribution in [0.2, 0.25) is 5.02 Å². The van der Waals surface area contributed by atoms with Gasteiger partial charge in [0.25, 0.3) is 5.92 Å². The lowest BCUT2D eigenvalue weighted by Gasteiger charge is -2.45. The summed E-state index contributed by atoms with van der Waals surface area (Å²) in [6.45, 7) is 2.71. The molecule has 0 aromatic heterocycles. The number of sulfonamides is 1. The van der Waals surface area contributed by atoms with Crippen molar-refractivity contribution < 1.29 is 31.8 Å². The highest BCUT2D eigenvalue weighted by molar-refractivity contribution is 7.89. The molecule has 8 nitrogen and oxygen atoms in total. The molecule has 0 bridgehead atoms. The fourth-order valence-corrected chi connectivity index (χ4v) is 7.86. The first-order valence-electron chi connectivity index (χ1n) is 12.6. The number of halogens is 3. The molecule has 2 saturated carbocycles. The zero-order chi connectivity index (χ0) is 25.7. The number of piperazine rings is 1. The molecule has 5 rings (SSSR count). The van der Waals surface area contributed by atoms with Crippen molar-refractivity contribution in [3.05, 3.63) is 29.3 Å². The molecule has 2 heterocycles. The Morgan fingerprint density at radius 1 is 1.11 bits per heavy atom. The normalized spacial score (nSPS) is 30.1. The standard InChI is InChI=1S/C24H32ClF2N3O5S/c25-17-4-6-18(7-5-17)36(33,34)30-20(19-16-24(19,26)27)2-1-3-21(30)23(8-9-23)35-22(32)29-12-10-28(11-13-29)14-15-31/h4-7,19-21,31H,1-3,8-16H2/t19?,20-,21+/m1/s1. The van der Waals surface area contributed by atoms with Gasteiger partial charge in [-0.05, 0) is 49.9 Å². The summed E-state index contributed by atoms with van der Waals surface area (Å²) >= 11 is 5.96. The van der Waals surface area contributed by atoms with Gasteiger partial charge in [0.1, 0.15) is 5.60 Å². The van der Waals surface area contributed by atoms with Gasteiger partial charge < -0.3 is 14.7 Å². The first-order chi connectivity index (χ1) is 17.1. The molecule has 2 aliphatic heterocycles. The molecule has 2 saturated heterocycles. The summed E-state index contributed by atoms with van der Waals surface area (Å²) in [5.74, 6) is -3.92. The van der Waals surface area contributed by atoms with Gasteiger partial charge in [-0.3, -0.25) is 4.90 Å². The van der Waals surface area contributed by atoms with Gasteiger partial charge in [0.2, 0.25) is 10.0 Å². The summed E-state index contributed by atoms with van der Waals surface area (Å²) in [5, 5.41) is 9.50. The largest absolute Gasteiger partial charge is 0.441 e. The van der Waals surface area contributed by atoms with Crippen molar-refractivity contribution in [2.45, 2.75) is 67.0 Å². The van der Waals surface area contributed by atoms with Gasteiger partial charge >= 0.3 is 6.09 Å². The second-order valence-corrected chi connectivity index (χ2v) is 12.6. The number of aliphatic hydroxyl groups excluding tert-OH is 1. The van der Waals surface area contributed by atoms with Crippen LogP contribution in [0.3, 0.4) is 0 Å². The van der Waals surface area contributed by atoms with Crippen LogP contribution in [-0.4, -0.2) is 96.7 Å². The molecule has 200 valence electrons. The zero-order valence-electron chi connectivity index (χ0n) is 20.0. The number of benzene rings is 1. The third-order valence-corrected chi connectivity index (χ3v) is 10.2. The Labute approximate surface area is 215 Å². The van der Waals surface area contributed by atoms with Crippen molar-refractivity contribution in [2.75, 3.05) is 39.3 Å². The van der Waals surface area contributed by atoms with E-state index in [4.69, 9.17) is 21.4 Å². The summed E-state index contributed by atoms with van der Waals surface area (Å²) in [5.41, 5.74) is -1.01. The van der Waals surface area contributed by atoms with Gasteiger partial charge in [-0.15, -0.1) is 0 Å². The molecule has 3 atom stereocenters. The first kappa shape index (κ1) is 26.1. The number of hydrogen-bond acceptors (Lipinski definition) is 6.